The number of hydrogen-bond donors (Lipinski definition) is 0. The van der Waals surface area contributed by atoms with Gasteiger partial charge >= 0.3 is 0 Å². The average molecular weight is 145 g/mol. The van der Waals surface area contributed by atoms with Gasteiger partial charge in [-0.25, -0.2) is 0 Å². The van der Waals surface area contributed by atoms with Crippen molar-refractivity contribution >= 4 is 37.2 Å². The van der Waals surface area contributed by atoms with E-state index < -0.39 is 0 Å². The maximum atomic E-state index is 0. The fraction of sp³-hybridized carbons (Fsp3) is 0. The molecule has 40 valence electrons. The van der Waals surface area contributed by atoms with E-state index in [0.29, 0.717) is 0 Å². The molecule has 0 saturated heterocycles. The van der Waals surface area contributed by atoms with Crippen LogP contribution in [0.1, 0.15) is 0 Å². The average Bonchev–Trinajstić information content (AvgIpc) is 0. The van der Waals surface area contributed by atoms with E-state index in [4.69, 9.17) is 0 Å². The van der Waals surface area contributed by atoms with Gasteiger partial charge in [-0.15, -0.1) is 37.2 Å². The molecule has 0 aromatic rings. The molecule has 0 fully saturated rings. The molecule has 0 spiro atoms. The van der Waals surface area contributed by atoms with E-state index in [1.165, 1.54) is 0 Å². The molecule has 0 heterocycles. The Morgan fingerprint density at radius 2 is 0.400 bits per heavy atom. The summed E-state index contributed by atoms with van der Waals surface area (Å²) in [5.74, 6) is 0. The molecule has 0 aromatic heterocycles. The summed E-state index contributed by atoms with van der Waals surface area (Å²) in [6.45, 7) is 0. The monoisotopic (exact) mass is 144 g/mol. The standard InChI is InChI=1S/3ClH.2H2O/h3*1H;2*1H2. The molecular formula is H7Cl3O2. The van der Waals surface area contributed by atoms with Crippen molar-refractivity contribution in [1.29, 1.82) is 0 Å². The summed E-state index contributed by atoms with van der Waals surface area (Å²) >= 11 is 0. The third-order valence-electron chi connectivity index (χ3n) is 0. The van der Waals surface area contributed by atoms with Crippen LogP contribution in [0.2, 0.25) is 0 Å². The maximum Gasteiger partial charge on any atom is -0.147 e. The minimum atomic E-state index is 0. The SMILES string of the molecule is Cl.Cl.Cl.O.O. The van der Waals surface area contributed by atoms with Gasteiger partial charge in [-0.3, -0.25) is 0 Å². The second-order valence-corrected chi connectivity index (χ2v) is 0. The zero-order valence-electron chi connectivity index (χ0n) is 2.22. The van der Waals surface area contributed by atoms with E-state index in [9.17, 15) is 0 Å². The summed E-state index contributed by atoms with van der Waals surface area (Å²) in [6, 6.07) is 0. The summed E-state index contributed by atoms with van der Waals surface area (Å²) in [5.41, 5.74) is 0. The largest absolute Gasteiger partial charge is 0.412 e. The van der Waals surface area contributed by atoms with Crippen LogP contribution in [0, 0.1) is 0 Å². The van der Waals surface area contributed by atoms with Crippen molar-refractivity contribution in [3.8, 4) is 0 Å². The number of hydrogen-bond acceptors (Lipinski definition) is 0. The fourth-order valence-electron chi connectivity index (χ4n) is 0. The highest BCUT2D eigenvalue weighted by Gasteiger charge is -0.145. The van der Waals surface area contributed by atoms with Crippen molar-refractivity contribution in [2.45, 2.75) is 0 Å². The van der Waals surface area contributed by atoms with Gasteiger partial charge < -0.3 is 11.0 Å². The zero-order chi connectivity index (χ0) is 0. The normalized spacial score (nSPS) is 0. The van der Waals surface area contributed by atoms with E-state index >= 15 is 0 Å². The van der Waals surface area contributed by atoms with Gasteiger partial charge in [0.1, 0.15) is 0 Å². The Labute approximate surface area is 48.8 Å². The fourth-order valence-corrected chi connectivity index (χ4v) is 0. The highest BCUT2D eigenvalue weighted by molar-refractivity contribution is 5.86. The predicted octanol–water partition coefficient (Wildman–Crippen LogP) is -0.384. The van der Waals surface area contributed by atoms with Gasteiger partial charge in [0.05, 0.1) is 0 Å². The van der Waals surface area contributed by atoms with Crippen molar-refractivity contribution < 1.29 is 11.0 Å². The van der Waals surface area contributed by atoms with Crippen molar-refractivity contribution in [2.24, 2.45) is 0 Å². The third kappa shape index (κ3) is 59.7. The molecule has 0 aliphatic rings. The molecule has 0 aliphatic carbocycles. The highest BCUT2D eigenvalue weighted by atomic mass is 35.5. The molecule has 2 nitrogen and oxygen atoms in total. The lowest BCUT2D eigenvalue weighted by Crippen LogP contribution is -0.290. The first kappa shape index (κ1) is 213. The molecule has 0 radical (unpaired) electrons. The number of halogens is 3. The Bertz CT molecular complexity index is 4.85. The molecule has 4 N–H and O–H groups in total. The van der Waals surface area contributed by atoms with Crippen LogP contribution in [0.25, 0.3) is 0 Å². The molecule has 5 heavy (non-hydrogen) atoms. The maximum absolute atomic E-state index is 0. The van der Waals surface area contributed by atoms with Crippen LogP contribution in [-0.2, 0) is 0 Å². The molecule has 0 aromatic carbocycles. The molecule has 0 atom stereocenters. The van der Waals surface area contributed by atoms with Gasteiger partial charge in [-0.2, -0.15) is 0 Å². The first-order valence-corrected chi connectivity index (χ1v) is 0. The second-order valence-electron chi connectivity index (χ2n) is 0. The first-order chi connectivity index (χ1) is 0. The minimum absolute atomic E-state index is 0. The summed E-state index contributed by atoms with van der Waals surface area (Å²) in [7, 11) is 0. The van der Waals surface area contributed by atoms with Crippen LogP contribution in [-0.4, -0.2) is 11.0 Å². The molecule has 5 heteroatoms. The third-order valence-corrected chi connectivity index (χ3v) is 0. The molecule has 0 rings (SSSR count). The lowest BCUT2D eigenvalue weighted by atomic mass is 16.0. The lowest BCUT2D eigenvalue weighted by Gasteiger charge is -0.413. The van der Waals surface area contributed by atoms with E-state index in [2.05, 4.69) is 0 Å². The van der Waals surface area contributed by atoms with Gasteiger partial charge in [0.25, 0.3) is 0 Å². The Morgan fingerprint density at radius 1 is 0.400 bits per heavy atom. The van der Waals surface area contributed by atoms with Crippen molar-refractivity contribution in [3.05, 3.63) is 0 Å². The highest BCUT2D eigenvalue weighted by Crippen LogP contribution is 0.692. The second kappa shape index (κ2) is 110. The van der Waals surface area contributed by atoms with Crippen LogP contribution in [0.4, 0.5) is 0 Å². The Hall–Kier alpha value is 0.790. The Kier molecular flexibility index (Phi) is 4690. The van der Waals surface area contributed by atoms with E-state index in [0.717, 1.165) is 0 Å². The molecule has 0 amide bonds. The predicted molar refractivity (Wildman–Crippen MR) is 29.0 cm³/mol. The zero-order valence-corrected chi connectivity index (χ0v) is 4.67. The van der Waals surface area contributed by atoms with Gasteiger partial charge in [0.2, 0.25) is 0 Å². The Morgan fingerprint density at radius 3 is 0.400 bits per heavy atom. The van der Waals surface area contributed by atoms with Gasteiger partial charge in [0, 0.05) is 0 Å². The van der Waals surface area contributed by atoms with Crippen LogP contribution in [0.5, 0.6) is 0 Å². The smallest absolute Gasteiger partial charge is 0.147 e. The molecular weight excluding hydrogens is 138 g/mol. The Balaban J connectivity index is 0. The van der Waals surface area contributed by atoms with Crippen LogP contribution >= 0.6 is 37.2 Å². The summed E-state index contributed by atoms with van der Waals surface area (Å²) in [4.78, 5) is 0. The van der Waals surface area contributed by atoms with Gasteiger partial charge in [-0.05, 0) is 0 Å². The van der Waals surface area contributed by atoms with E-state index in [1.807, 2.05) is 0 Å². The molecule has 0 unspecified atom stereocenters. The molecule has 0 bridgehead atoms. The summed E-state index contributed by atoms with van der Waals surface area (Å²) < 4.78 is 0. The van der Waals surface area contributed by atoms with Crippen molar-refractivity contribution in [2.75, 3.05) is 0 Å². The van der Waals surface area contributed by atoms with Gasteiger partial charge in [-0.1, -0.05) is 0 Å². The first-order valence-electron chi connectivity index (χ1n) is 0. The van der Waals surface area contributed by atoms with Crippen molar-refractivity contribution in [1.82, 2.24) is 0 Å². The summed E-state index contributed by atoms with van der Waals surface area (Å²) in [6.07, 6.45) is 0. The molecule has 0 aliphatic heterocycles. The lowest BCUT2D eigenvalue weighted by molar-refractivity contribution is 0.823. The van der Waals surface area contributed by atoms with Crippen molar-refractivity contribution in [3.63, 3.8) is 0 Å². The quantitative estimate of drug-likeness (QED) is 0.446. The summed E-state index contributed by atoms with van der Waals surface area (Å²) in [5, 5.41) is 0. The molecule has 0 saturated carbocycles. The topological polar surface area (TPSA) is 63.0 Å². The minimum Gasteiger partial charge on any atom is -0.412 e. The van der Waals surface area contributed by atoms with E-state index in [1.54, 1.807) is 0 Å². The van der Waals surface area contributed by atoms with E-state index in [-0.39, 0.29) is 48.2 Å². The van der Waals surface area contributed by atoms with Crippen LogP contribution in [0.3, 0.4) is 0 Å². The van der Waals surface area contributed by atoms with Crippen LogP contribution < -0.4 is 0 Å². The number of rotatable bonds is 0. The van der Waals surface area contributed by atoms with Crippen LogP contribution in [0.15, 0.2) is 0 Å². The van der Waals surface area contributed by atoms with Gasteiger partial charge in [0.15, 0.2) is 0 Å².